The molecule has 0 unspecified atom stereocenters. The fourth-order valence-corrected chi connectivity index (χ4v) is 1.59. The summed E-state index contributed by atoms with van der Waals surface area (Å²) in [5.41, 5.74) is 6.26. The third kappa shape index (κ3) is 2.43. The summed E-state index contributed by atoms with van der Waals surface area (Å²) < 4.78 is 0. The van der Waals surface area contributed by atoms with Crippen molar-refractivity contribution in [3.05, 3.63) is 23.2 Å². The lowest BCUT2D eigenvalue weighted by molar-refractivity contribution is -0.105. The summed E-state index contributed by atoms with van der Waals surface area (Å²) in [5, 5.41) is 0.614. The van der Waals surface area contributed by atoms with Crippen LogP contribution >= 0.6 is 23.4 Å². The average Bonchev–Trinajstić information content (AvgIpc) is 2.03. The second kappa shape index (κ2) is 4.38. The number of nitrogens with two attached hydrogens (primary N) is 1. The van der Waals surface area contributed by atoms with E-state index in [1.165, 1.54) is 11.8 Å². The lowest BCUT2D eigenvalue weighted by atomic mass is 10.3. The Morgan fingerprint density at radius 2 is 2.33 bits per heavy atom. The summed E-state index contributed by atoms with van der Waals surface area (Å²) in [6, 6.07) is 5.24. The van der Waals surface area contributed by atoms with Crippen LogP contribution in [0.5, 0.6) is 0 Å². The molecule has 0 amide bonds. The Morgan fingerprint density at radius 1 is 1.58 bits per heavy atom. The molecule has 0 aliphatic carbocycles. The highest BCUT2D eigenvalue weighted by Crippen LogP contribution is 2.26. The van der Waals surface area contributed by atoms with Crippen molar-refractivity contribution in [1.29, 1.82) is 0 Å². The summed E-state index contributed by atoms with van der Waals surface area (Å²) in [4.78, 5) is 11.0. The van der Waals surface area contributed by atoms with Crippen LogP contribution in [0.2, 0.25) is 5.02 Å². The molecule has 0 aliphatic rings. The Bertz CT molecular complexity index is 290. The van der Waals surface area contributed by atoms with Gasteiger partial charge in [0, 0.05) is 15.6 Å². The molecule has 0 atom stereocenters. The van der Waals surface area contributed by atoms with E-state index in [1.807, 2.05) is 6.07 Å². The number of benzene rings is 1. The minimum Gasteiger partial charge on any atom is -0.398 e. The van der Waals surface area contributed by atoms with Crippen LogP contribution in [0.3, 0.4) is 0 Å². The van der Waals surface area contributed by atoms with E-state index in [2.05, 4.69) is 0 Å². The molecule has 0 aromatic heterocycles. The van der Waals surface area contributed by atoms with Crippen molar-refractivity contribution in [1.82, 2.24) is 0 Å². The third-order valence-electron chi connectivity index (χ3n) is 1.28. The highest BCUT2D eigenvalue weighted by atomic mass is 35.5. The number of carbonyl (C=O) groups excluding carboxylic acids is 1. The van der Waals surface area contributed by atoms with Crippen molar-refractivity contribution >= 4 is 35.3 Å². The molecule has 0 radical (unpaired) electrons. The first kappa shape index (κ1) is 9.42. The van der Waals surface area contributed by atoms with Crippen molar-refractivity contribution < 1.29 is 4.79 Å². The van der Waals surface area contributed by atoms with E-state index < -0.39 is 0 Å². The zero-order valence-corrected chi connectivity index (χ0v) is 7.86. The first-order chi connectivity index (χ1) is 5.74. The molecule has 1 rings (SSSR count). The van der Waals surface area contributed by atoms with Gasteiger partial charge in [-0.25, -0.2) is 0 Å². The van der Waals surface area contributed by atoms with Crippen LogP contribution in [-0.2, 0) is 4.79 Å². The second-order valence-electron chi connectivity index (χ2n) is 2.16. The standard InChI is InChI=1S/C8H8ClNOS/c9-6-1-2-8(7(10)5-6)12-4-3-11/h1-3,5H,4,10H2. The highest BCUT2D eigenvalue weighted by Gasteiger charge is 1.99. The highest BCUT2D eigenvalue weighted by molar-refractivity contribution is 8.00. The fraction of sp³-hybridized carbons (Fsp3) is 0.125. The molecule has 0 fully saturated rings. The predicted octanol–water partition coefficient (Wildman–Crippen LogP) is 2.21. The predicted molar refractivity (Wildman–Crippen MR) is 52.7 cm³/mol. The van der Waals surface area contributed by atoms with Crippen LogP contribution in [-0.4, -0.2) is 12.0 Å². The zero-order valence-electron chi connectivity index (χ0n) is 6.29. The number of nitrogen functional groups attached to an aromatic ring is 1. The van der Waals surface area contributed by atoms with Crippen molar-refractivity contribution in [2.75, 3.05) is 11.5 Å². The molecule has 64 valence electrons. The second-order valence-corrected chi connectivity index (χ2v) is 3.66. The van der Waals surface area contributed by atoms with Gasteiger partial charge in [0.25, 0.3) is 0 Å². The number of carbonyl (C=O) groups is 1. The Labute approximate surface area is 80.1 Å². The normalized spacial score (nSPS) is 9.75. The number of halogens is 1. The smallest absolute Gasteiger partial charge is 0.130 e. The molecular formula is C8H8ClNOS. The van der Waals surface area contributed by atoms with Gasteiger partial charge in [-0.3, -0.25) is 0 Å². The maximum Gasteiger partial charge on any atom is 0.130 e. The monoisotopic (exact) mass is 201 g/mol. The molecule has 2 N–H and O–H groups in total. The number of thioether (sulfide) groups is 1. The van der Waals surface area contributed by atoms with Gasteiger partial charge < -0.3 is 10.5 Å². The summed E-state index contributed by atoms with van der Waals surface area (Å²) in [7, 11) is 0. The van der Waals surface area contributed by atoms with Crippen LogP contribution in [0.4, 0.5) is 5.69 Å². The molecule has 0 saturated carbocycles. The van der Waals surface area contributed by atoms with Crippen molar-refractivity contribution in [3.63, 3.8) is 0 Å². The number of hydrogen-bond acceptors (Lipinski definition) is 3. The molecule has 0 heterocycles. The van der Waals surface area contributed by atoms with E-state index in [0.717, 1.165) is 11.2 Å². The number of rotatable bonds is 3. The Balaban J connectivity index is 2.78. The Hall–Kier alpha value is -0.670. The van der Waals surface area contributed by atoms with Crippen molar-refractivity contribution in [3.8, 4) is 0 Å². The van der Waals surface area contributed by atoms with E-state index in [9.17, 15) is 4.79 Å². The van der Waals surface area contributed by atoms with Gasteiger partial charge in [-0.1, -0.05) is 11.6 Å². The number of anilines is 1. The first-order valence-corrected chi connectivity index (χ1v) is 4.72. The van der Waals surface area contributed by atoms with E-state index in [-0.39, 0.29) is 0 Å². The van der Waals surface area contributed by atoms with Gasteiger partial charge in [-0.05, 0) is 18.2 Å². The van der Waals surface area contributed by atoms with Crippen LogP contribution in [0.25, 0.3) is 0 Å². The van der Waals surface area contributed by atoms with Gasteiger partial charge in [0.1, 0.15) is 6.29 Å². The molecule has 1 aromatic carbocycles. The first-order valence-electron chi connectivity index (χ1n) is 3.35. The van der Waals surface area contributed by atoms with E-state index in [4.69, 9.17) is 17.3 Å². The molecule has 12 heavy (non-hydrogen) atoms. The maximum absolute atomic E-state index is 10.1. The Kier molecular flexibility index (Phi) is 3.44. The van der Waals surface area contributed by atoms with Gasteiger partial charge in [-0.15, -0.1) is 11.8 Å². The van der Waals surface area contributed by atoms with Crippen molar-refractivity contribution in [2.24, 2.45) is 0 Å². The topological polar surface area (TPSA) is 43.1 Å². The average molecular weight is 202 g/mol. The lowest BCUT2D eigenvalue weighted by Crippen LogP contribution is -1.89. The van der Waals surface area contributed by atoms with Gasteiger partial charge >= 0.3 is 0 Å². The molecule has 1 aromatic rings. The number of aldehydes is 1. The van der Waals surface area contributed by atoms with Gasteiger partial charge in [0.2, 0.25) is 0 Å². The SMILES string of the molecule is Nc1cc(Cl)ccc1SCC=O. The summed E-state index contributed by atoms with van der Waals surface area (Å²) in [6.45, 7) is 0. The van der Waals surface area contributed by atoms with Crippen LogP contribution < -0.4 is 5.73 Å². The molecule has 0 saturated heterocycles. The van der Waals surface area contributed by atoms with Crippen molar-refractivity contribution in [2.45, 2.75) is 4.90 Å². The summed E-state index contributed by atoms with van der Waals surface area (Å²) >= 11 is 7.10. The molecule has 4 heteroatoms. The maximum atomic E-state index is 10.1. The zero-order chi connectivity index (χ0) is 8.97. The van der Waals surface area contributed by atoms with Crippen LogP contribution in [0, 0.1) is 0 Å². The molecule has 0 spiro atoms. The van der Waals surface area contributed by atoms with Gasteiger partial charge in [-0.2, -0.15) is 0 Å². The van der Waals surface area contributed by atoms with Gasteiger partial charge in [0.15, 0.2) is 0 Å². The van der Waals surface area contributed by atoms with Crippen LogP contribution in [0.15, 0.2) is 23.1 Å². The van der Waals surface area contributed by atoms with E-state index in [1.54, 1.807) is 12.1 Å². The lowest BCUT2D eigenvalue weighted by Gasteiger charge is -2.02. The van der Waals surface area contributed by atoms with E-state index in [0.29, 0.717) is 16.5 Å². The number of hydrogen-bond donors (Lipinski definition) is 1. The third-order valence-corrected chi connectivity index (χ3v) is 2.50. The van der Waals surface area contributed by atoms with E-state index >= 15 is 0 Å². The minimum atomic E-state index is 0.422. The molecule has 0 bridgehead atoms. The molecular weight excluding hydrogens is 194 g/mol. The summed E-state index contributed by atoms with van der Waals surface area (Å²) in [5.74, 6) is 0.422. The van der Waals surface area contributed by atoms with Gasteiger partial charge in [0.05, 0.1) is 5.75 Å². The quantitative estimate of drug-likeness (QED) is 0.463. The molecule has 0 aliphatic heterocycles. The largest absolute Gasteiger partial charge is 0.398 e. The fourth-order valence-electron chi connectivity index (χ4n) is 0.775. The van der Waals surface area contributed by atoms with Crippen LogP contribution in [0.1, 0.15) is 0 Å². The summed E-state index contributed by atoms with van der Waals surface area (Å²) in [6.07, 6.45) is 0.846. The minimum absolute atomic E-state index is 0.422. The Morgan fingerprint density at radius 3 is 2.92 bits per heavy atom. The molecule has 2 nitrogen and oxygen atoms in total.